The number of amides is 2. The van der Waals surface area contributed by atoms with E-state index in [0.29, 0.717) is 28.2 Å². The molecule has 2 atom stereocenters. The molecule has 2 aromatic heterocycles. The number of aromatic nitrogens is 2. The van der Waals surface area contributed by atoms with Crippen molar-refractivity contribution < 1.29 is 19.1 Å². The Morgan fingerprint density at radius 1 is 0.745 bits per heavy atom. The van der Waals surface area contributed by atoms with Crippen molar-refractivity contribution in [1.29, 1.82) is 0 Å². The average Bonchev–Trinajstić information content (AvgIpc) is 3.86. The number of nitrogens with one attached hydrogen (secondary N) is 1. The number of carbonyl (C=O) groups is 2. The quantitative estimate of drug-likeness (QED) is 0.220. The Labute approximate surface area is 331 Å². The van der Waals surface area contributed by atoms with Crippen molar-refractivity contribution in [2.75, 3.05) is 60.0 Å². The molecule has 6 heterocycles. The summed E-state index contributed by atoms with van der Waals surface area (Å²) in [4.78, 5) is 40.8. The summed E-state index contributed by atoms with van der Waals surface area (Å²) >= 11 is 14.6. The van der Waals surface area contributed by atoms with Gasteiger partial charge in [0.1, 0.15) is 0 Å². The van der Waals surface area contributed by atoms with E-state index in [-0.39, 0.29) is 34.7 Å². The van der Waals surface area contributed by atoms with Crippen LogP contribution < -0.4 is 14.8 Å². The number of carbonyl (C=O) groups excluding carboxylic acids is 2. The molecule has 2 aliphatic carbocycles. The monoisotopic (exact) mass is 778 g/mol. The Hall–Kier alpha value is -4.22. The van der Waals surface area contributed by atoms with Crippen LogP contribution >= 0.6 is 23.2 Å². The fourth-order valence-corrected chi connectivity index (χ4v) is 11.2. The van der Waals surface area contributed by atoms with Gasteiger partial charge in [-0.3, -0.25) is 19.4 Å². The Kier molecular flexibility index (Phi) is 8.27. The number of rotatable bonds is 7. The Morgan fingerprint density at radius 2 is 1.22 bits per heavy atom. The summed E-state index contributed by atoms with van der Waals surface area (Å²) in [6.07, 6.45) is 4.48. The zero-order valence-corrected chi connectivity index (χ0v) is 32.9. The van der Waals surface area contributed by atoms with Crippen LogP contribution in [0.2, 0.25) is 10.0 Å². The summed E-state index contributed by atoms with van der Waals surface area (Å²) in [6, 6.07) is 16.8. The molecule has 0 unspecified atom stereocenters. The number of hydrogen-bond acceptors (Lipinski definition) is 8. The third-order valence-electron chi connectivity index (χ3n) is 13.2. The minimum absolute atomic E-state index is 0.0639. The van der Waals surface area contributed by atoms with Crippen LogP contribution in [-0.4, -0.2) is 96.5 Å². The molecule has 4 fully saturated rings. The molecule has 4 aliphatic heterocycles. The fourth-order valence-electron chi connectivity index (χ4n) is 10.6. The van der Waals surface area contributed by atoms with Crippen LogP contribution in [0.25, 0.3) is 33.6 Å². The highest BCUT2D eigenvalue weighted by Crippen LogP contribution is 2.52. The lowest BCUT2D eigenvalue weighted by Gasteiger charge is -2.61. The van der Waals surface area contributed by atoms with E-state index in [1.165, 1.54) is 16.7 Å². The van der Waals surface area contributed by atoms with E-state index in [9.17, 15) is 9.59 Å². The first-order chi connectivity index (χ1) is 26.6. The summed E-state index contributed by atoms with van der Waals surface area (Å²) in [5.74, 6) is 1.60. The lowest BCUT2D eigenvalue weighted by atomic mass is 9.72. The lowest BCUT2D eigenvalue weighted by Crippen LogP contribution is -2.72. The first-order valence-corrected chi connectivity index (χ1v) is 20.1. The smallest absolute Gasteiger partial charge is 0.220 e. The lowest BCUT2D eigenvalue weighted by molar-refractivity contribution is -0.161. The fraction of sp³-hybridized carbons (Fsp3) is 0.442. The zero-order chi connectivity index (χ0) is 37.8. The van der Waals surface area contributed by atoms with E-state index >= 15 is 0 Å². The van der Waals surface area contributed by atoms with Gasteiger partial charge in [-0.05, 0) is 48.9 Å². The molecule has 6 aliphatic rings. The predicted octanol–water partition coefficient (Wildman–Crippen LogP) is 6.76. The molecule has 284 valence electrons. The van der Waals surface area contributed by atoms with Gasteiger partial charge in [-0.25, -0.2) is 9.97 Å². The topological polar surface area (TPSA) is 100 Å². The molecule has 2 spiro atoms. The van der Waals surface area contributed by atoms with Gasteiger partial charge in [0.15, 0.2) is 0 Å². The van der Waals surface area contributed by atoms with Crippen molar-refractivity contribution in [3.05, 3.63) is 80.8 Å². The molecule has 0 bridgehead atoms. The predicted molar refractivity (Wildman–Crippen MR) is 211 cm³/mol. The SMILES string of the molecule is COc1nc(-c2cccc(-c3cccc(-c4cc5c(c(OC)n4)[C@@H](N4CC6(CN(C(C)=O)C6)C4)CC5)c3Cl)c2Cl)cc2c1[C@@H](N1CC3(CNC(=O)C3)C1)CC2. The Morgan fingerprint density at radius 3 is 1.65 bits per heavy atom. The molecule has 10 rings (SSSR count). The van der Waals surface area contributed by atoms with Crippen molar-refractivity contribution in [3.63, 3.8) is 0 Å². The van der Waals surface area contributed by atoms with Crippen LogP contribution in [-0.2, 0) is 22.4 Å². The highest BCUT2D eigenvalue weighted by atomic mass is 35.5. The molecule has 1 N–H and O–H groups in total. The maximum Gasteiger partial charge on any atom is 0.220 e. The van der Waals surface area contributed by atoms with E-state index in [2.05, 4.69) is 27.2 Å². The number of hydrogen-bond donors (Lipinski definition) is 1. The van der Waals surface area contributed by atoms with Crippen molar-refractivity contribution >= 4 is 35.0 Å². The van der Waals surface area contributed by atoms with Gasteiger partial charge in [0.25, 0.3) is 0 Å². The maximum atomic E-state index is 11.9. The van der Waals surface area contributed by atoms with Crippen molar-refractivity contribution in [3.8, 4) is 45.4 Å². The minimum atomic E-state index is 0.0639. The van der Waals surface area contributed by atoms with Crippen LogP contribution in [0.3, 0.4) is 0 Å². The molecule has 2 amide bonds. The summed E-state index contributed by atoms with van der Waals surface area (Å²) in [5.41, 5.74) is 9.90. The first kappa shape index (κ1) is 35.2. The summed E-state index contributed by atoms with van der Waals surface area (Å²) in [5, 5.41) is 4.16. The van der Waals surface area contributed by atoms with Crippen LogP contribution in [0.1, 0.15) is 60.5 Å². The Balaban J connectivity index is 0.923. The normalized spacial score (nSPS) is 23.2. The number of methoxy groups -OCH3 is 2. The van der Waals surface area contributed by atoms with Crippen LogP contribution in [0, 0.1) is 10.8 Å². The molecule has 4 saturated heterocycles. The number of fused-ring (bicyclic) bond motifs is 2. The average molecular weight is 780 g/mol. The molecule has 2 aromatic carbocycles. The van der Waals surface area contributed by atoms with Crippen LogP contribution in [0.5, 0.6) is 11.8 Å². The van der Waals surface area contributed by atoms with Gasteiger partial charge in [-0.1, -0.05) is 59.6 Å². The van der Waals surface area contributed by atoms with Gasteiger partial charge in [-0.2, -0.15) is 0 Å². The van der Waals surface area contributed by atoms with Crippen LogP contribution in [0.15, 0.2) is 48.5 Å². The number of halogens is 2. The molecule has 0 saturated carbocycles. The van der Waals surface area contributed by atoms with Gasteiger partial charge in [0.05, 0.1) is 35.7 Å². The molecular weight excluding hydrogens is 735 g/mol. The molecule has 0 radical (unpaired) electrons. The zero-order valence-electron chi connectivity index (χ0n) is 31.4. The van der Waals surface area contributed by atoms with E-state index in [1.54, 1.807) is 21.1 Å². The molecule has 12 heteroatoms. The van der Waals surface area contributed by atoms with Gasteiger partial charge in [-0.15, -0.1) is 0 Å². The highest BCUT2D eigenvalue weighted by molar-refractivity contribution is 6.39. The van der Waals surface area contributed by atoms with Crippen molar-refractivity contribution in [2.45, 2.75) is 51.1 Å². The third kappa shape index (κ3) is 5.57. The van der Waals surface area contributed by atoms with Gasteiger partial charge in [0.2, 0.25) is 23.6 Å². The minimum Gasteiger partial charge on any atom is -0.481 e. The van der Waals surface area contributed by atoms with Crippen LogP contribution in [0.4, 0.5) is 0 Å². The van der Waals surface area contributed by atoms with E-state index in [1.807, 2.05) is 41.3 Å². The number of benzene rings is 2. The highest BCUT2D eigenvalue weighted by Gasteiger charge is 2.55. The molecule has 4 aromatic rings. The van der Waals surface area contributed by atoms with Gasteiger partial charge >= 0.3 is 0 Å². The number of likely N-dealkylation sites (tertiary alicyclic amines) is 3. The molecule has 10 nitrogen and oxygen atoms in total. The standard InChI is InChI=1S/C43H44Cl2N6O4/c1-24(52)49-20-43(21-49)22-51(23-43)34-13-11-26-15-32(48-41(55-3)37(26)34)30-9-5-7-28(39(30)45)27-6-4-8-29(38(27)44)31-14-25-10-12-33(36(25)40(47-31)54-2)50-18-42(19-50)16-35(53)46-17-42/h4-9,14-15,33-34H,10-13,16-23H2,1-3H3,(H,46,53)/t33-,34-/m0/s1. The number of aryl methyl sites for hydroxylation is 2. The Bertz CT molecular complexity index is 2280. The largest absolute Gasteiger partial charge is 0.481 e. The summed E-state index contributed by atoms with van der Waals surface area (Å²) < 4.78 is 11.9. The number of pyridine rings is 2. The molecule has 55 heavy (non-hydrogen) atoms. The van der Waals surface area contributed by atoms with Gasteiger partial charge < -0.3 is 19.7 Å². The second-order valence-corrected chi connectivity index (χ2v) is 17.5. The maximum absolute atomic E-state index is 11.9. The number of ether oxygens (including phenoxy) is 2. The molecular formula is C43H44Cl2N6O4. The third-order valence-corrected chi connectivity index (χ3v) is 14.0. The van der Waals surface area contributed by atoms with Crippen molar-refractivity contribution in [2.24, 2.45) is 10.8 Å². The second kappa shape index (κ2) is 12.9. The van der Waals surface area contributed by atoms with E-state index in [0.717, 1.165) is 111 Å². The van der Waals surface area contributed by atoms with Crippen molar-refractivity contribution in [1.82, 2.24) is 30.0 Å². The first-order valence-electron chi connectivity index (χ1n) is 19.3. The number of nitrogens with zero attached hydrogens (tertiary/aromatic N) is 5. The summed E-state index contributed by atoms with van der Waals surface area (Å²) in [6.45, 7) is 7.94. The second-order valence-electron chi connectivity index (χ2n) is 16.8. The van der Waals surface area contributed by atoms with Gasteiger partial charge in [0, 0.05) is 115 Å². The van der Waals surface area contributed by atoms with E-state index < -0.39 is 0 Å². The summed E-state index contributed by atoms with van der Waals surface area (Å²) in [7, 11) is 3.38. The van der Waals surface area contributed by atoms with E-state index in [4.69, 9.17) is 42.6 Å².